The molecular formula is C67H83N7O11. The van der Waals surface area contributed by atoms with E-state index >= 15 is 0 Å². The fraction of sp³-hybridized carbons (Fsp3) is 0.507. The number of unbranched alkanes of at least 4 members (excludes halogenated alkanes) is 9. The molecule has 7 amide bonds. The van der Waals surface area contributed by atoms with E-state index in [1.165, 1.54) is 0 Å². The molecule has 2 saturated heterocycles. The zero-order valence-electron chi connectivity index (χ0n) is 49.3. The molecule has 10 atom stereocenters. The number of likely N-dealkylation sites (tertiary alicyclic amines) is 2. The zero-order valence-corrected chi connectivity index (χ0v) is 49.3. The summed E-state index contributed by atoms with van der Waals surface area (Å²) in [4.78, 5) is 123. The van der Waals surface area contributed by atoms with Gasteiger partial charge in [-0.3, -0.25) is 38.4 Å². The smallest absolute Gasteiger partial charge is 0.397 e. The number of hydrogen-bond donors (Lipinski definition) is 5. The second kappa shape index (κ2) is 28.8. The summed E-state index contributed by atoms with van der Waals surface area (Å²) < 4.78 is 10.1. The Balaban J connectivity index is 0.725. The summed E-state index contributed by atoms with van der Waals surface area (Å²) in [5.41, 5.74) is 3.23. The van der Waals surface area contributed by atoms with Gasteiger partial charge in [-0.15, -0.1) is 0 Å². The molecule has 452 valence electrons. The number of esters is 2. The van der Waals surface area contributed by atoms with Crippen molar-refractivity contribution >= 4 is 53.3 Å². The van der Waals surface area contributed by atoms with Crippen molar-refractivity contribution in [3.05, 3.63) is 143 Å². The highest BCUT2D eigenvalue weighted by Gasteiger charge is 2.50. The lowest BCUT2D eigenvalue weighted by molar-refractivity contribution is -0.163. The SMILES string of the molecule is CC(C)(C)OC(=O)C(=O)NCC(=O)OCCCCCCCCCCCCNC(=O)[C@@H]1CN(C(=O)c2ccc(C(=O)N3C[C@@H](C(=O)N[C@H]4C[C@@H]4c4ccccc4)[C@H](C(=O)N[C@H]4C[C@@H]4c4ccccc4)C3)cc2)C[C@H]1C(=O)N[C@H]1C[C@@H]1c1ccccc1. The molecule has 4 aromatic rings. The molecule has 2 aliphatic heterocycles. The Morgan fingerprint density at radius 1 is 0.447 bits per heavy atom. The second-order valence-electron chi connectivity index (χ2n) is 24.8. The van der Waals surface area contributed by atoms with Crippen LogP contribution in [0.1, 0.15) is 159 Å². The summed E-state index contributed by atoms with van der Waals surface area (Å²) in [5, 5.41) is 14.8. The van der Waals surface area contributed by atoms with Crippen LogP contribution in [-0.4, -0.2) is 133 Å². The van der Waals surface area contributed by atoms with Crippen LogP contribution < -0.4 is 26.6 Å². The molecule has 2 heterocycles. The molecule has 9 rings (SSSR count). The Morgan fingerprint density at radius 3 is 1.18 bits per heavy atom. The number of carbonyl (C=O) groups excluding carboxylic acids is 9. The minimum absolute atomic E-state index is 0.0503. The molecule has 5 aliphatic rings. The molecule has 4 aromatic carbocycles. The van der Waals surface area contributed by atoms with Crippen molar-refractivity contribution in [2.45, 2.75) is 146 Å². The average Bonchev–Trinajstić information content (AvgIpc) is 2.20. The number of nitrogens with one attached hydrogen (secondary N) is 5. The van der Waals surface area contributed by atoms with Crippen LogP contribution in [0, 0.1) is 23.7 Å². The van der Waals surface area contributed by atoms with Gasteiger partial charge in [0.2, 0.25) is 23.6 Å². The minimum Gasteiger partial charge on any atom is -0.464 e. The van der Waals surface area contributed by atoms with E-state index in [0.717, 1.165) is 93.7 Å². The lowest BCUT2D eigenvalue weighted by Gasteiger charge is -2.18. The normalized spacial score (nSPS) is 23.7. The topological polar surface area (TPSA) is 239 Å². The van der Waals surface area contributed by atoms with Crippen LogP contribution >= 0.6 is 0 Å². The van der Waals surface area contributed by atoms with Gasteiger partial charge < -0.3 is 45.9 Å². The van der Waals surface area contributed by atoms with Crippen LogP contribution in [0.25, 0.3) is 0 Å². The maximum Gasteiger partial charge on any atom is 0.397 e. The van der Waals surface area contributed by atoms with Crippen LogP contribution in [0.5, 0.6) is 0 Å². The van der Waals surface area contributed by atoms with E-state index in [-0.39, 0.29) is 104 Å². The summed E-state index contributed by atoms with van der Waals surface area (Å²) in [6, 6.07) is 36.2. The number of ether oxygens (including phenoxy) is 2. The van der Waals surface area contributed by atoms with Crippen molar-refractivity contribution in [3.8, 4) is 0 Å². The molecule has 5 fully saturated rings. The molecule has 3 aliphatic carbocycles. The highest BCUT2D eigenvalue weighted by Crippen LogP contribution is 2.44. The third-order valence-electron chi connectivity index (χ3n) is 17.1. The predicted octanol–water partition coefficient (Wildman–Crippen LogP) is 7.10. The molecule has 0 bridgehead atoms. The van der Waals surface area contributed by atoms with E-state index in [1.807, 2.05) is 66.7 Å². The van der Waals surface area contributed by atoms with Crippen molar-refractivity contribution in [1.29, 1.82) is 0 Å². The van der Waals surface area contributed by atoms with Crippen molar-refractivity contribution < 1.29 is 52.6 Å². The maximum absolute atomic E-state index is 14.3. The number of carbonyl (C=O) groups is 9. The summed E-state index contributed by atoms with van der Waals surface area (Å²) in [5.74, 6) is -6.83. The molecule has 0 spiro atoms. The first-order chi connectivity index (χ1) is 41.0. The predicted molar refractivity (Wildman–Crippen MR) is 318 cm³/mol. The standard InChI is InChI=1S/C67H83N7O11/c1-67(2,3)85-66(83)63(80)69-38-58(75)84-34-22-11-9-7-5-4-6-8-10-21-33-68-59(76)51-39-73(40-52(51)60(77)70-55-35-48(55)43-23-15-12-16-24-43)64(81)46-29-31-47(32-30-46)65(82)74-41-53(61(78)71-56-36-49(56)44-25-17-13-18-26-44)54(42-74)62(79)72-57-37-50(57)45-27-19-14-20-28-45/h12-20,23-32,48-57H,4-11,21-22,33-42H2,1-3H3,(H,68,76)(H,69,80)(H,70,77)(H,71,78)(H,72,79)/t48-,49-,50-,51-,52-,53-,54-,55+,56+,57+/m1/s1. The van der Waals surface area contributed by atoms with Crippen LogP contribution in [-0.2, 0) is 43.0 Å². The van der Waals surface area contributed by atoms with Crippen LogP contribution in [0.15, 0.2) is 115 Å². The third kappa shape index (κ3) is 17.4. The lowest BCUT2D eigenvalue weighted by Crippen LogP contribution is -2.43. The van der Waals surface area contributed by atoms with Gasteiger partial charge in [0.15, 0.2) is 0 Å². The molecule has 85 heavy (non-hydrogen) atoms. The van der Waals surface area contributed by atoms with E-state index in [0.29, 0.717) is 24.1 Å². The maximum atomic E-state index is 14.3. The largest absolute Gasteiger partial charge is 0.464 e. The molecule has 18 heteroatoms. The first kappa shape index (κ1) is 61.7. The van der Waals surface area contributed by atoms with Gasteiger partial charge in [0, 0.05) is 79.7 Å². The van der Waals surface area contributed by atoms with Crippen molar-refractivity contribution in [1.82, 2.24) is 36.4 Å². The van der Waals surface area contributed by atoms with Crippen LogP contribution in [0.4, 0.5) is 0 Å². The number of rotatable bonds is 27. The fourth-order valence-corrected chi connectivity index (χ4v) is 12.0. The number of hydrogen-bond acceptors (Lipinski definition) is 11. The Morgan fingerprint density at radius 2 is 0.800 bits per heavy atom. The van der Waals surface area contributed by atoms with Crippen molar-refractivity contribution in [2.75, 3.05) is 45.9 Å². The van der Waals surface area contributed by atoms with Gasteiger partial charge in [-0.05, 0) is 93.8 Å². The molecular weight excluding hydrogens is 1080 g/mol. The molecule has 18 nitrogen and oxygen atoms in total. The zero-order chi connectivity index (χ0) is 60.0. The first-order valence-corrected chi connectivity index (χ1v) is 30.7. The Labute approximate surface area is 498 Å². The third-order valence-corrected chi connectivity index (χ3v) is 17.1. The minimum atomic E-state index is -1.05. The Kier molecular flexibility index (Phi) is 20.9. The van der Waals surface area contributed by atoms with E-state index in [2.05, 4.69) is 50.8 Å². The van der Waals surface area contributed by atoms with Gasteiger partial charge in [-0.1, -0.05) is 142 Å². The fourth-order valence-electron chi connectivity index (χ4n) is 12.0. The molecule has 0 radical (unpaired) electrons. The second-order valence-corrected chi connectivity index (χ2v) is 24.8. The first-order valence-electron chi connectivity index (χ1n) is 30.7. The molecule has 0 aromatic heterocycles. The quantitative estimate of drug-likeness (QED) is 0.0229. The van der Waals surface area contributed by atoms with Gasteiger partial charge >= 0.3 is 17.8 Å². The lowest BCUT2D eigenvalue weighted by atomic mass is 9.94. The van der Waals surface area contributed by atoms with E-state index in [4.69, 9.17) is 9.47 Å². The number of amides is 7. The average molecular weight is 1160 g/mol. The van der Waals surface area contributed by atoms with Crippen molar-refractivity contribution in [2.24, 2.45) is 23.7 Å². The highest BCUT2D eigenvalue weighted by molar-refractivity contribution is 6.32. The van der Waals surface area contributed by atoms with E-state index < -0.39 is 53.7 Å². The number of nitrogens with zero attached hydrogens (tertiary/aromatic N) is 2. The summed E-state index contributed by atoms with van der Waals surface area (Å²) >= 11 is 0. The molecule has 0 unspecified atom stereocenters. The van der Waals surface area contributed by atoms with Gasteiger partial charge in [-0.2, -0.15) is 0 Å². The van der Waals surface area contributed by atoms with Crippen LogP contribution in [0.2, 0.25) is 0 Å². The van der Waals surface area contributed by atoms with Crippen LogP contribution in [0.3, 0.4) is 0 Å². The summed E-state index contributed by atoms with van der Waals surface area (Å²) in [6.45, 7) is 5.46. The van der Waals surface area contributed by atoms with Gasteiger partial charge in [0.05, 0.1) is 30.3 Å². The summed E-state index contributed by atoms with van der Waals surface area (Å²) in [7, 11) is 0. The number of benzene rings is 4. The van der Waals surface area contributed by atoms with E-state index in [9.17, 15) is 43.2 Å². The summed E-state index contributed by atoms with van der Waals surface area (Å²) in [6.07, 6.45) is 12.0. The highest BCUT2D eigenvalue weighted by atomic mass is 16.6. The Bertz CT molecular complexity index is 2920. The van der Waals surface area contributed by atoms with Gasteiger partial charge in [0.1, 0.15) is 12.1 Å². The van der Waals surface area contributed by atoms with E-state index in [1.54, 1.807) is 54.8 Å². The van der Waals surface area contributed by atoms with Crippen molar-refractivity contribution in [3.63, 3.8) is 0 Å². The molecule has 5 N–H and O–H groups in total. The monoisotopic (exact) mass is 1160 g/mol. The van der Waals surface area contributed by atoms with Gasteiger partial charge in [-0.25, -0.2) is 4.79 Å². The van der Waals surface area contributed by atoms with Gasteiger partial charge in [0.25, 0.3) is 11.8 Å². The Hall–Kier alpha value is -7.89. The molecule has 3 saturated carbocycles.